The second-order valence-electron chi connectivity index (χ2n) is 4.60. The van der Waals surface area contributed by atoms with Gasteiger partial charge in [0.25, 0.3) is 0 Å². The maximum absolute atomic E-state index is 5.74. The number of hydrogen-bond donors (Lipinski definition) is 0. The summed E-state index contributed by atoms with van der Waals surface area (Å²) in [7, 11) is 0. The topological polar surface area (TPSA) is 24.6 Å². The van der Waals surface area contributed by atoms with Crippen molar-refractivity contribution < 1.29 is 42.1 Å². The van der Waals surface area contributed by atoms with Crippen LogP contribution in [0.5, 0.6) is 5.75 Å². The summed E-state index contributed by atoms with van der Waals surface area (Å²) in [6.45, 7) is 6.16. The first-order valence-corrected chi connectivity index (χ1v) is 7.20. The van der Waals surface area contributed by atoms with Crippen LogP contribution in [-0.2, 0) is 39.3 Å². The molecule has 23 heavy (non-hydrogen) atoms. The fourth-order valence-corrected chi connectivity index (χ4v) is 1.79. The molecular weight excluding hydrogens is 361 g/mol. The minimum absolute atomic E-state index is 0. The van der Waals surface area contributed by atoms with E-state index in [1.165, 1.54) is 4.68 Å². The molecule has 0 aliphatic heterocycles. The van der Waals surface area contributed by atoms with Gasteiger partial charge < -0.3 is 4.74 Å². The van der Waals surface area contributed by atoms with Crippen molar-refractivity contribution in [3.8, 4) is 5.75 Å². The van der Waals surface area contributed by atoms with Crippen LogP contribution in [0.2, 0.25) is 0 Å². The Labute approximate surface area is 163 Å². The average molecular weight is 380 g/mol. The zero-order chi connectivity index (χ0) is 15.6. The Morgan fingerprint density at radius 3 is 2.43 bits per heavy atom. The number of ether oxygens (including phenoxy) is 1. The maximum Gasteiger partial charge on any atom is 0.113 e. The Hall–Kier alpha value is -1.58. The van der Waals surface area contributed by atoms with Gasteiger partial charge in [-0.05, 0) is 18.2 Å². The Bertz CT molecular complexity index is 649. The van der Waals surface area contributed by atoms with Gasteiger partial charge >= 0.3 is 0 Å². The van der Waals surface area contributed by atoms with E-state index >= 15 is 0 Å². The summed E-state index contributed by atoms with van der Waals surface area (Å²) in [5, 5.41) is 4.14. The molecule has 0 aliphatic carbocycles. The third-order valence-electron chi connectivity index (χ3n) is 2.91. The molecule has 0 heterocycles. The van der Waals surface area contributed by atoms with Crippen LogP contribution in [0.3, 0.4) is 0 Å². The van der Waals surface area contributed by atoms with Crippen LogP contribution in [0.1, 0.15) is 24.5 Å². The number of rotatable bonds is 7. The summed E-state index contributed by atoms with van der Waals surface area (Å²) < 4.78 is 7.26. The summed E-state index contributed by atoms with van der Waals surface area (Å²) in [5.74, 6) is 0.821. The third-order valence-corrected chi connectivity index (χ3v) is 2.91. The summed E-state index contributed by atoms with van der Waals surface area (Å²) in [6.07, 6.45) is 8.37. The standard InChI is InChI=1S/C19H19N2O.Y/c1-3-14-21(4-2)20-15-17-10-12-19(13-11-17)22-16-18-8-6-5-7-9-18;/h5-14H,2-3,16H2,1H3;/q-1;. The van der Waals surface area contributed by atoms with E-state index in [-0.39, 0.29) is 32.7 Å². The van der Waals surface area contributed by atoms with Crippen LogP contribution in [0, 0.1) is 6.20 Å². The first kappa shape index (κ1) is 19.5. The van der Waals surface area contributed by atoms with E-state index in [2.05, 4.69) is 24.1 Å². The molecule has 2 aromatic carbocycles. The van der Waals surface area contributed by atoms with Crippen LogP contribution in [0.25, 0.3) is 0 Å². The molecule has 1 radical (unpaired) electrons. The van der Waals surface area contributed by atoms with E-state index in [0.717, 1.165) is 23.3 Å². The van der Waals surface area contributed by atoms with Crippen molar-refractivity contribution in [3.63, 3.8) is 0 Å². The molecule has 0 aromatic heterocycles. The average Bonchev–Trinajstić information content (AvgIpc) is 2.58. The molecule has 0 aliphatic rings. The largest absolute Gasteiger partial charge is 0.491 e. The first-order chi connectivity index (χ1) is 10.8. The normalized spacial score (nSPS) is 11.1. The second kappa shape index (κ2) is 11.0. The Morgan fingerprint density at radius 2 is 1.83 bits per heavy atom. The van der Waals surface area contributed by atoms with E-state index in [1.807, 2.05) is 67.7 Å². The van der Waals surface area contributed by atoms with Gasteiger partial charge in [-0.15, -0.1) is 11.7 Å². The molecule has 0 spiro atoms. The van der Waals surface area contributed by atoms with Gasteiger partial charge in [0, 0.05) is 38.9 Å². The molecule has 0 fully saturated rings. The molecule has 2 aromatic rings. The summed E-state index contributed by atoms with van der Waals surface area (Å²) in [6, 6.07) is 17.7. The molecule has 0 saturated carbocycles. The fourth-order valence-electron chi connectivity index (χ4n) is 1.79. The molecule has 2 rings (SSSR count). The van der Waals surface area contributed by atoms with Crippen molar-refractivity contribution in [2.24, 2.45) is 5.10 Å². The SMILES string of the molecule is C=[C-]/[N+](=C\CC)N=[C-]c1ccc(OCc2ccccc2)cc1.[Y]. The fraction of sp³-hybridized carbons (Fsp3) is 0.158. The van der Waals surface area contributed by atoms with Crippen molar-refractivity contribution in [2.75, 3.05) is 0 Å². The van der Waals surface area contributed by atoms with Crippen LogP contribution in [-0.4, -0.2) is 17.1 Å². The van der Waals surface area contributed by atoms with Crippen molar-refractivity contribution in [1.82, 2.24) is 0 Å². The van der Waals surface area contributed by atoms with E-state index in [9.17, 15) is 0 Å². The number of benzene rings is 2. The second-order valence-corrected chi connectivity index (χ2v) is 4.60. The summed E-state index contributed by atoms with van der Waals surface area (Å²) in [5.41, 5.74) is 2.02. The Kier molecular flexibility index (Phi) is 9.34. The molecule has 3 nitrogen and oxygen atoms in total. The Morgan fingerprint density at radius 1 is 1.13 bits per heavy atom. The van der Waals surface area contributed by atoms with Gasteiger partial charge in [0.15, 0.2) is 0 Å². The van der Waals surface area contributed by atoms with Crippen LogP contribution in [0.15, 0.2) is 66.3 Å². The van der Waals surface area contributed by atoms with Gasteiger partial charge in [0.2, 0.25) is 0 Å². The van der Waals surface area contributed by atoms with Crippen LogP contribution in [0.4, 0.5) is 0 Å². The molecule has 4 heteroatoms. The van der Waals surface area contributed by atoms with Crippen molar-refractivity contribution in [2.45, 2.75) is 20.0 Å². The van der Waals surface area contributed by atoms with Gasteiger partial charge in [-0.25, -0.2) is 4.68 Å². The number of hydrogen-bond acceptors (Lipinski definition) is 2. The molecule has 0 N–H and O–H groups in total. The molecule has 115 valence electrons. The zero-order valence-electron chi connectivity index (χ0n) is 13.3. The predicted octanol–water partition coefficient (Wildman–Crippen LogP) is 3.91. The van der Waals surface area contributed by atoms with Gasteiger partial charge in [-0.1, -0.05) is 49.4 Å². The van der Waals surface area contributed by atoms with Crippen molar-refractivity contribution >= 4 is 12.4 Å². The third kappa shape index (κ3) is 7.02. The predicted molar refractivity (Wildman–Crippen MR) is 89.2 cm³/mol. The van der Waals surface area contributed by atoms with Gasteiger partial charge in [0.1, 0.15) is 6.61 Å². The molecule has 0 unspecified atom stereocenters. The molecule has 0 atom stereocenters. The van der Waals surface area contributed by atoms with Crippen LogP contribution >= 0.6 is 0 Å². The minimum Gasteiger partial charge on any atom is -0.491 e. The molecule has 0 amide bonds. The van der Waals surface area contributed by atoms with E-state index in [4.69, 9.17) is 4.74 Å². The van der Waals surface area contributed by atoms with Gasteiger partial charge in [0.05, 0.1) is 11.9 Å². The van der Waals surface area contributed by atoms with Gasteiger partial charge in [-0.3, -0.25) is 0 Å². The maximum atomic E-state index is 5.74. The monoisotopic (exact) mass is 380 g/mol. The summed E-state index contributed by atoms with van der Waals surface area (Å²) in [4.78, 5) is 0. The first-order valence-electron chi connectivity index (χ1n) is 7.20. The van der Waals surface area contributed by atoms with Crippen molar-refractivity contribution in [3.05, 3.63) is 78.5 Å². The molecule has 0 saturated heterocycles. The van der Waals surface area contributed by atoms with E-state index < -0.39 is 0 Å². The zero-order valence-corrected chi connectivity index (χ0v) is 16.1. The number of nitrogens with zero attached hydrogens (tertiary/aromatic N) is 2. The van der Waals surface area contributed by atoms with Crippen LogP contribution < -0.4 is 4.74 Å². The number of hydrazone groups is 1. The quantitative estimate of drug-likeness (QED) is 0.235. The van der Waals surface area contributed by atoms with Gasteiger partial charge in [-0.2, -0.15) is 17.7 Å². The van der Waals surface area contributed by atoms with E-state index in [0.29, 0.717) is 6.61 Å². The van der Waals surface area contributed by atoms with Crippen molar-refractivity contribution in [1.29, 1.82) is 0 Å². The Balaban J connectivity index is 0.00000264. The van der Waals surface area contributed by atoms with E-state index in [1.54, 1.807) is 0 Å². The molecule has 0 bridgehead atoms. The smallest absolute Gasteiger partial charge is 0.113 e. The molecular formula is C19H19N2OY-. The minimum atomic E-state index is 0. The summed E-state index contributed by atoms with van der Waals surface area (Å²) >= 11 is 0.